The first-order chi connectivity index (χ1) is 25.3. The van der Waals surface area contributed by atoms with Gasteiger partial charge in [0, 0.05) is 43.6 Å². The number of aromatic nitrogens is 3. The van der Waals surface area contributed by atoms with Crippen LogP contribution in [-0.4, -0.2) is 13.7 Å². The lowest BCUT2D eigenvalue weighted by Gasteiger charge is -2.14. The molecule has 0 radical (unpaired) electrons. The highest BCUT2D eigenvalue weighted by Crippen LogP contribution is 2.42. The zero-order valence-electron chi connectivity index (χ0n) is 27.7. The van der Waals surface area contributed by atoms with Crippen LogP contribution in [0.25, 0.3) is 93.6 Å². The largest absolute Gasteiger partial charge is 0.309 e. The number of fused-ring (bicyclic) bond motifs is 9. The van der Waals surface area contributed by atoms with Crippen LogP contribution >= 0.6 is 0 Å². The second-order valence-corrected chi connectivity index (χ2v) is 13.3. The summed E-state index contributed by atoms with van der Waals surface area (Å²) < 4.78 is 7.31. The Labute approximate surface area is 294 Å². The van der Waals surface area contributed by atoms with E-state index in [0.717, 1.165) is 5.69 Å². The van der Waals surface area contributed by atoms with Crippen LogP contribution in [0.3, 0.4) is 0 Å². The molecule has 0 atom stereocenters. The molecule has 11 aromatic rings. The van der Waals surface area contributed by atoms with Crippen molar-refractivity contribution in [3.8, 4) is 28.2 Å². The van der Waals surface area contributed by atoms with E-state index in [9.17, 15) is 0 Å². The van der Waals surface area contributed by atoms with E-state index in [4.69, 9.17) is 0 Å². The van der Waals surface area contributed by atoms with Gasteiger partial charge in [-0.3, -0.25) is 0 Å². The third kappa shape index (κ3) is 4.00. The third-order valence-corrected chi connectivity index (χ3v) is 10.6. The molecule has 11 rings (SSSR count). The maximum absolute atomic E-state index is 2.46. The number of benzene rings is 8. The molecule has 0 unspecified atom stereocenters. The Kier molecular flexibility index (Phi) is 5.96. The van der Waals surface area contributed by atoms with Gasteiger partial charge in [0.25, 0.3) is 0 Å². The fourth-order valence-electron chi connectivity index (χ4n) is 8.54. The quantitative estimate of drug-likeness (QED) is 0.180. The molecule has 0 spiro atoms. The van der Waals surface area contributed by atoms with Crippen LogP contribution < -0.4 is 0 Å². The Balaban J connectivity index is 1.24. The first-order valence-corrected chi connectivity index (χ1v) is 17.5. The minimum absolute atomic E-state index is 1.15. The van der Waals surface area contributed by atoms with Crippen molar-refractivity contribution in [2.24, 2.45) is 0 Å². The second kappa shape index (κ2) is 10.8. The maximum Gasteiger partial charge on any atom is 0.0562 e. The molecule has 51 heavy (non-hydrogen) atoms. The van der Waals surface area contributed by atoms with Gasteiger partial charge in [0.1, 0.15) is 0 Å². The molecule has 0 aliphatic rings. The molecular weight excluding hydrogens is 619 g/mol. The Morgan fingerprint density at radius 1 is 0.275 bits per heavy atom. The van der Waals surface area contributed by atoms with Gasteiger partial charge in [-0.05, 0) is 72.3 Å². The molecular formula is C48H31N3. The summed E-state index contributed by atoms with van der Waals surface area (Å²) in [4.78, 5) is 0. The molecule has 3 heteroatoms. The van der Waals surface area contributed by atoms with Crippen LogP contribution in [0.5, 0.6) is 0 Å². The van der Waals surface area contributed by atoms with E-state index in [0.29, 0.717) is 0 Å². The lowest BCUT2D eigenvalue weighted by Crippen LogP contribution is -1.97. The number of rotatable bonds is 4. The van der Waals surface area contributed by atoms with E-state index < -0.39 is 0 Å². The molecule has 0 amide bonds. The number of para-hydroxylation sites is 6. The van der Waals surface area contributed by atoms with Crippen LogP contribution in [0.15, 0.2) is 188 Å². The Morgan fingerprint density at radius 3 is 1.33 bits per heavy atom. The topological polar surface area (TPSA) is 14.8 Å². The van der Waals surface area contributed by atoms with Crippen LogP contribution in [0.1, 0.15) is 0 Å². The Hall–Kier alpha value is -6.84. The van der Waals surface area contributed by atoms with Crippen LogP contribution in [-0.2, 0) is 0 Å². The zero-order chi connectivity index (χ0) is 33.5. The smallest absolute Gasteiger partial charge is 0.0562 e. The third-order valence-electron chi connectivity index (χ3n) is 10.6. The van der Waals surface area contributed by atoms with Gasteiger partial charge in [-0.25, -0.2) is 0 Å². The molecule has 0 aliphatic carbocycles. The van der Waals surface area contributed by atoms with E-state index in [1.165, 1.54) is 87.9 Å². The molecule has 0 saturated heterocycles. The highest BCUT2D eigenvalue weighted by molar-refractivity contribution is 6.17. The average molecular weight is 650 g/mol. The van der Waals surface area contributed by atoms with E-state index in [-0.39, 0.29) is 0 Å². The summed E-state index contributed by atoms with van der Waals surface area (Å²) >= 11 is 0. The minimum Gasteiger partial charge on any atom is -0.309 e. The number of hydrogen-bond acceptors (Lipinski definition) is 0. The van der Waals surface area contributed by atoms with Crippen molar-refractivity contribution in [1.82, 2.24) is 13.7 Å². The van der Waals surface area contributed by atoms with Gasteiger partial charge in [-0.15, -0.1) is 0 Å². The Bertz CT molecular complexity index is 3030. The van der Waals surface area contributed by atoms with Gasteiger partial charge in [-0.1, -0.05) is 121 Å². The van der Waals surface area contributed by atoms with Gasteiger partial charge < -0.3 is 13.7 Å². The lowest BCUT2D eigenvalue weighted by atomic mass is 10.00. The first-order valence-electron chi connectivity index (χ1n) is 17.5. The van der Waals surface area contributed by atoms with Gasteiger partial charge in [0.15, 0.2) is 0 Å². The summed E-state index contributed by atoms with van der Waals surface area (Å²) in [5.74, 6) is 0. The zero-order valence-corrected chi connectivity index (χ0v) is 27.7. The molecule has 0 N–H and O–H groups in total. The summed E-state index contributed by atoms with van der Waals surface area (Å²) in [6.45, 7) is 0. The SMILES string of the molecule is c1ccc(-n2c3ccc(-c4ccccc4-n4c5ccccc5c5ccccc54)cc3c3c(-n4c5ccccc5c5ccccc54)cccc32)cc1. The monoisotopic (exact) mass is 649 g/mol. The van der Waals surface area contributed by atoms with E-state index in [2.05, 4.69) is 202 Å². The van der Waals surface area contributed by atoms with Crippen molar-refractivity contribution in [2.45, 2.75) is 0 Å². The van der Waals surface area contributed by atoms with E-state index >= 15 is 0 Å². The molecule has 3 nitrogen and oxygen atoms in total. The highest BCUT2D eigenvalue weighted by Gasteiger charge is 2.21. The summed E-state index contributed by atoms with van der Waals surface area (Å²) in [6.07, 6.45) is 0. The molecule has 0 aliphatic heterocycles. The predicted molar refractivity (Wildman–Crippen MR) is 215 cm³/mol. The van der Waals surface area contributed by atoms with Crippen molar-refractivity contribution in [3.63, 3.8) is 0 Å². The van der Waals surface area contributed by atoms with Crippen molar-refractivity contribution in [2.75, 3.05) is 0 Å². The maximum atomic E-state index is 2.46. The van der Waals surface area contributed by atoms with E-state index in [1.54, 1.807) is 0 Å². The van der Waals surface area contributed by atoms with Gasteiger partial charge in [0.05, 0.1) is 44.5 Å². The molecule has 0 saturated carbocycles. The minimum atomic E-state index is 1.15. The first kappa shape index (κ1) is 28.0. The summed E-state index contributed by atoms with van der Waals surface area (Å²) in [6, 6.07) is 68.4. The number of hydrogen-bond donors (Lipinski definition) is 0. The van der Waals surface area contributed by atoms with Crippen molar-refractivity contribution < 1.29 is 0 Å². The summed E-state index contributed by atoms with van der Waals surface area (Å²) in [5, 5.41) is 7.51. The predicted octanol–water partition coefficient (Wildman–Crippen LogP) is 12.6. The van der Waals surface area contributed by atoms with Gasteiger partial charge in [-0.2, -0.15) is 0 Å². The second-order valence-electron chi connectivity index (χ2n) is 13.3. The van der Waals surface area contributed by atoms with E-state index in [1.807, 2.05) is 0 Å². The average Bonchev–Trinajstić information content (AvgIpc) is 3.84. The molecule has 0 fully saturated rings. The Morgan fingerprint density at radius 2 is 0.725 bits per heavy atom. The van der Waals surface area contributed by atoms with Crippen LogP contribution in [0.4, 0.5) is 0 Å². The fraction of sp³-hybridized carbons (Fsp3) is 0. The lowest BCUT2D eigenvalue weighted by molar-refractivity contribution is 1.17. The standard InChI is InChI=1S/C48H31N3/c1-2-15-33(16-3-1)49-45-30-29-32(34-17-4-9-22-40(34)50-41-23-10-5-18-35(41)36-19-6-11-24-42(36)50)31-39(45)48-46(49)27-14-28-47(48)51-43-25-12-7-20-37(43)38-21-8-13-26-44(38)51/h1-31H. The van der Waals surface area contributed by atoms with Crippen molar-refractivity contribution in [1.29, 1.82) is 0 Å². The van der Waals surface area contributed by atoms with Gasteiger partial charge in [0.2, 0.25) is 0 Å². The molecule has 238 valence electrons. The summed E-state index contributed by atoms with van der Waals surface area (Å²) in [7, 11) is 0. The van der Waals surface area contributed by atoms with Crippen LogP contribution in [0, 0.1) is 0 Å². The van der Waals surface area contributed by atoms with Crippen LogP contribution in [0.2, 0.25) is 0 Å². The molecule has 0 bridgehead atoms. The van der Waals surface area contributed by atoms with Crippen molar-refractivity contribution >= 4 is 65.4 Å². The normalized spacial score (nSPS) is 11.9. The highest BCUT2D eigenvalue weighted by atomic mass is 15.0. The van der Waals surface area contributed by atoms with Crippen molar-refractivity contribution in [3.05, 3.63) is 188 Å². The van der Waals surface area contributed by atoms with Gasteiger partial charge >= 0.3 is 0 Å². The fourth-order valence-corrected chi connectivity index (χ4v) is 8.54. The molecule has 3 aromatic heterocycles. The molecule has 8 aromatic carbocycles. The molecule has 3 heterocycles. The summed E-state index contributed by atoms with van der Waals surface area (Å²) in [5.41, 5.74) is 13.1. The number of nitrogens with zero attached hydrogens (tertiary/aromatic N) is 3.